The van der Waals surface area contributed by atoms with Gasteiger partial charge >= 0.3 is 0 Å². The Labute approximate surface area is 131 Å². The number of nitrogens with two attached hydrogens (primary N) is 1. The second kappa shape index (κ2) is 5.48. The number of anilines is 1. The van der Waals surface area contributed by atoms with Crippen LogP contribution in [0.5, 0.6) is 0 Å². The molecule has 2 rings (SSSR count). The zero-order valence-corrected chi connectivity index (χ0v) is 13.9. The number of pyridine rings is 1. The zero-order valence-electron chi connectivity index (χ0n) is 13.2. The molecule has 1 aliphatic carbocycles. The maximum absolute atomic E-state index is 12.4. The molecule has 0 aromatic carbocycles. The molecule has 3 N–H and O–H groups in total. The van der Waals surface area contributed by atoms with Crippen LogP contribution in [0.15, 0.2) is 12.1 Å². The van der Waals surface area contributed by atoms with Gasteiger partial charge < -0.3 is 11.1 Å². The number of nitrogens with zero attached hydrogens (tertiary/aromatic N) is 1. The third-order valence-electron chi connectivity index (χ3n) is 3.97. The van der Waals surface area contributed by atoms with Crippen LogP contribution in [0.4, 0.5) is 5.82 Å². The largest absolute Gasteiger partial charge is 0.384 e. The van der Waals surface area contributed by atoms with Crippen molar-refractivity contribution in [1.82, 2.24) is 10.3 Å². The molecule has 0 saturated heterocycles. The van der Waals surface area contributed by atoms with Crippen molar-refractivity contribution in [3.05, 3.63) is 22.8 Å². The second-order valence-electron chi connectivity index (χ2n) is 7.65. The SMILES string of the molecule is CC1(C)CC(NC(=O)c2nc(N)ccc2Cl)CC(C)(C)C1. The van der Waals surface area contributed by atoms with Gasteiger partial charge in [0, 0.05) is 6.04 Å². The Balaban J connectivity index is 2.14. The van der Waals surface area contributed by atoms with Gasteiger partial charge in [0.05, 0.1) is 5.02 Å². The van der Waals surface area contributed by atoms with E-state index in [0.29, 0.717) is 10.8 Å². The molecule has 0 atom stereocenters. The Morgan fingerprint density at radius 3 is 2.43 bits per heavy atom. The van der Waals surface area contributed by atoms with Crippen molar-refractivity contribution in [2.75, 3.05) is 5.73 Å². The molecular weight excluding hydrogens is 286 g/mol. The summed E-state index contributed by atoms with van der Waals surface area (Å²) < 4.78 is 0. The lowest BCUT2D eigenvalue weighted by Gasteiger charge is -2.45. The van der Waals surface area contributed by atoms with Crippen LogP contribution in [0, 0.1) is 10.8 Å². The lowest BCUT2D eigenvalue weighted by Crippen LogP contribution is -2.46. The normalized spacial score (nSPS) is 21.0. The smallest absolute Gasteiger partial charge is 0.271 e. The molecule has 1 fully saturated rings. The van der Waals surface area contributed by atoms with E-state index in [-0.39, 0.29) is 28.5 Å². The molecule has 4 nitrogen and oxygen atoms in total. The highest BCUT2D eigenvalue weighted by Crippen LogP contribution is 2.45. The topological polar surface area (TPSA) is 68.0 Å². The van der Waals surface area contributed by atoms with E-state index in [1.165, 1.54) is 0 Å². The van der Waals surface area contributed by atoms with Crippen molar-refractivity contribution >= 4 is 23.3 Å². The first-order valence-electron chi connectivity index (χ1n) is 7.31. The fraction of sp³-hybridized carbons (Fsp3) is 0.625. The number of amides is 1. The van der Waals surface area contributed by atoms with Crippen LogP contribution in [-0.2, 0) is 0 Å². The number of carbonyl (C=O) groups excluding carboxylic acids is 1. The maximum Gasteiger partial charge on any atom is 0.271 e. The van der Waals surface area contributed by atoms with Crippen LogP contribution >= 0.6 is 11.6 Å². The van der Waals surface area contributed by atoms with Gasteiger partial charge in [-0.2, -0.15) is 0 Å². The van der Waals surface area contributed by atoms with Gasteiger partial charge in [-0.1, -0.05) is 39.3 Å². The summed E-state index contributed by atoms with van der Waals surface area (Å²) in [6.07, 6.45) is 3.08. The van der Waals surface area contributed by atoms with Gasteiger partial charge in [0.2, 0.25) is 0 Å². The first-order chi connectivity index (χ1) is 9.58. The van der Waals surface area contributed by atoms with Crippen molar-refractivity contribution < 1.29 is 4.79 Å². The molecule has 0 radical (unpaired) electrons. The average molecular weight is 310 g/mol. The van der Waals surface area contributed by atoms with Crippen molar-refractivity contribution in [3.63, 3.8) is 0 Å². The van der Waals surface area contributed by atoms with Crippen LogP contribution < -0.4 is 11.1 Å². The van der Waals surface area contributed by atoms with Gasteiger partial charge in [0.1, 0.15) is 11.5 Å². The molecule has 0 spiro atoms. The molecule has 1 amide bonds. The Bertz CT molecular complexity index is 538. The summed E-state index contributed by atoms with van der Waals surface area (Å²) in [5.74, 6) is 0.0552. The maximum atomic E-state index is 12.4. The first-order valence-corrected chi connectivity index (χ1v) is 7.69. The molecule has 1 aromatic rings. The number of nitrogen functional groups attached to an aromatic ring is 1. The minimum atomic E-state index is -0.245. The fourth-order valence-corrected chi connectivity index (χ4v) is 4.01. The summed E-state index contributed by atoms with van der Waals surface area (Å²) in [4.78, 5) is 16.4. The number of hydrogen-bond donors (Lipinski definition) is 2. The lowest BCUT2D eigenvalue weighted by molar-refractivity contribution is 0.0710. The Morgan fingerprint density at radius 2 is 1.86 bits per heavy atom. The van der Waals surface area contributed by atoms with E-state index >= 15 is 0 Å². The number of carbonyl (C=O) groups is 1. The van der Waals surface area contributed by atoms with E-state index < -0.39 is 0 Å². The highest BCUT2D eigenvalue weighted by molar-refractivity contribution is 6.33. The quantitative estimate of drug-likeness (QED) is 0.876. The first kappa shape index (κ1) is 16.1. The predicted molar refractivity (Wildman–Crippen MR) is 86.3 cm³/mol. The summed E-state index contributed by atoms with van der Waals surface area (Å²) in [6.45, 7) is 9.00. The average Bonchev–Trinajstić information content (AvgIpc) is 2.27. The minimum Gasteiger partial charge on any atom is -0.384 e. The molecule has 116 valence electrons. The van der Waals surface area contributed by atoms with Crippen LogP contribution in [0.1, 0.15) is 57.4 Å². The van der Waals surface area contributed by atoms with Gasteiger partial charge in [0.25, 0.3) is 5.91 Å². The van der Waals surface area contributed by atoms with E-state index in [0.717, 1.165) is 19.3 Å². The molecule has 1 heterocycles. The molecule has 1 saturated carbocycles. The second-order valence-corrected chi connectivity index (χ2v) is 8.06. The summed E-state index contributed by atoms with van der Waals surface area (Å²) in [5.41, 5.74) is 6.27. The minimum absolute atomic E-state index is 0.135. The number of nitrogens with one attached hydrogen (secondary N) is 1. The Morgan fingerprint density at radius 1 is 1.29 bits per heavy atom. The van der Waals surface area contributed by atoms with Crippen molar-refractivity contribution in [1.29, 1.82) is 0 Å². The monoisotopic (exact) mass is 309 g/mol. The highest BCUT2D eigenvalue weighted by Gasteiger charge is 2.39. The van der Waals surface area contributed by atoms with Gasteiger partial charge in [0.15, 0.2) is 0 Å². The molecule has 1 aromatic heterocycles. The Kier molecular flexibility index (Phi) is 4.20. The van der Waals surface area contributed by atoms with Gasteiger partial charge in [-0.15, -0.1) is 0 Å². The van der Waals surface area contributed by atoms with E-state index in [4.69, 9.17) is 17.3 Å². The predicted octanol–water partition coefficient (Wildman–Crippen LogP) is 3.65. The molecule has 0 unspecified atom stereocenters. The third-order valence-corrected chi connectivity index (χ3v) is 4.28. The number of hydrogen-bond acceptors (Lipinski definition) is 3. The van der Waals surface area contributed by atoms with Crippen LogP contribution in [0.25, 0.3) is 0 Å². The zero-order chi connectivity index (χ0) is 15.8. The summed E-state index contributed by atoms with van der Waals surface area (Å²) in [7, 11) is 0. The van der Waals surface area contributed by atoms with Gasteiger partial charge in [-0.05, 0) is 42.2 Å². The fourth-order valence-electron chi connectivity index (χ4n) is 3.82. The van der Waals surface area contributed by atoms with Crippen LogP contribution in [0.2, 0.25) is 5.02 Å². The number of aromatic nitrogens is 1. The lowest BCUT2D eigenvalue weighted by atomic mass is 9.63. The van der Waals surface area contributed by atoms with E-state index in [9.17, 15) is 4.79 Å². The van der Waals surface area contributed by atoms with E-state index in [1.807, 2.05) is 0 Å². The number of halogens is 1. The van der Waals surface area contributed by atoms with E-state index in [1.54, 1.807) is 12.1 Å². The van der Waals surface area contributed by atoms with Gasteiger partial charge in [-0.25, -0.2) is 4.98 Å². The number of rotatable bonds is 2. The third kappa shape index (κ3) is 4.10. The van der Waals surface area contributed by atoms with E-state index in [2.05, 4.69) is 38.0 Å². The molecule has 0 bridgehead atoms. The standard InChI is InChI=1S/C16H24ClN3O/c1-15(2)7-10(8-16(3,4)9-15)19-14(21)13-11(17)5-6-12(18)20-13/h5-6,10H,7-9H2,1-4H3,(H2,18,20)(H,19,21). The van der Waals surface area contributed by atoms with Crippen molar-refractivity contribution in [3.8, 4) is 0 Å². The van der Waals surface area contributed by atoms with Crippen LogP contribution in [0.3, 0.4) is 0 Å². The van der Waals surface area contributed by atoms with Gasteiger partial charge in [-0.3, -0.25) is 4.79 Å². The molecule has 0 aliphatic heterocycles. The van der Waals surface area contributed by atoms with Crippen molar-refractivity contribution in [2.24, 2.45) is 10.8 Å². The molecule has 5 heteroatoms. The highest BCUT2D eigenvalue weighted by atomic mass is 35.5. The molecule has 21 heavy (non-hydrogen) atoms. The van der Waals surface area contributed by atoms with Crippen LogP contribution in [-0.4, -0.2) is 16.9 Å². The Hall–Kier alpha value is -1.29. The van der Waals surface area contributed by atoms with Crippen molar-refractivity contribution in [2.45, 2.75) is 53.0 Å². The summed E-state index contributed by atoms with van der Waals surface area (Å²) >= 11 is 6.04. The summed E-state index contributed by atoms with van der Waals surface area (Å²) in [6, 6.07) is 3.33. The molecule has 1 aliphatic rings. The molecular formula is C16H24ClN3O. The summed E-state index contributed by atoms with van der Waals surface area (Å²) in [5, 5.41) is 3.40.